The first-order chi connectivity index (χ1) is 9.11. The highest BCUT2D eigenvalue weighted by Gasteiger charge is 2.14. The molecule has 0 bridgehead atoms. The van der Waals surface area contributed by atoms with E-state index in [9.17, 15) is 4.79 Å². The number of unbranched alkanes of at least 4 members (excludes halogenated alkanes) is 2. The largest absolute Gasteiger partial charge is 0.478 e. The number of carboxylic acid groups (broad SMARTS) is 1. The van der Waals surface area contributed by atoms with Crippen LogP contribution in [-0.4, -0.2) is 33.6 Å². The second kappa shape index (κ2) is 12.4. The van der Waals surface area contributed by atoms with E-state index in [1.165, 1.54) is 0 Å². The van der Waals surface area contributed by atoms with Crippen molar-refractivity contribution in [2.45, 2.75) is 58.4 Å². The number of carbonyl (C=O) groups is 1. The summed E-state index contributed by atoms with van der Waals surface area (Å²) in [6.07, 6.45) is 5.66. The molecule has 0 aromatic heterocycles. The SMILES string of the molecule is C=C(CCC[SiH](OCCCC)OCCCC)C(=O)O. The lowest BCUT2D eigenvalue weighted by Crippen LogP contribution is -2.24. The average molecular weight is 288 g/mol. The molecule has 4 nitrogen and oxygen atoms in total. The first-order valence-electron chi connectivity index (χ1n) is 7.26. The van der Waals surface area contributed by atoms with Crippen LogP contribution in [0.3, 0.4) is 0 Å². The molecule has 0 aromatic carbocycles. The summed E-state index contributed by atoms with van der Waals surface area (Å²) in [7, 11) is -1.62. The minimum atomic E-state index is -1.62. The number of hydrogen-bond donors (Lipinski definition) is 1. The monoisotopic (exact) mass is 288 g/mol. The van der Waals surface area contributed by atoms with Crippen molar-refractivity contribution >= 4 is 15.3 Å². The van der Waals surface area contributed by atoms with Gasteiger partial charge in [-0.2, -0.15) is 0 Å². The van der Waals surface area contributed by atoms with Gasteiger partial charge in [-0.15, -0.1) is 0 Å². The second-order valence-electron chi connectivity index (χ2n) is 4.68. The summed E-state index contributed by atoms with van der Waals surface area (Å²) in [5.74, 6) is -0.906. The van der Waals surface area contributed by atoms with Gasteiger partial charge in [0.05, 0.1) is 0 Å². The van der Waals surface area contributed by atoms with Gasteiger partial charge in [-0.25, -0.2) is 4.79 Å². The van der Waals surface area contributed by atoms with E-state index in [-0.39, 0.29) is 5.57 Å². The average Bonchev–Trinajstić information content (AvgIpc) is 2.38. The molecule has 112 valence electrons. The molecule has 0 aromatic rings. The molecule has 0 aliphatic carbocycles. The molecule has 0 saturated carbocycles. The number of carboxylic acids is 1. The maximum absolute atomic E-state index is 10.6. The van der Waals surface area contributed by atoms with E-state index in [0.717, 1.165) is 51.4 Å². The van der Waals surface area contributed by atoms with Gasteiger partial charge >= 0.3 is 15.3 Å². The van der Waals surface area contributed by atoms with Crippen LogP contribution in [0.25, 0.3) is 0 Å². The molecule has 0 heterocycles. The van der Waals surface area contributed by atoms with Gasteiger partial charge in [-0.3, -0.25) is 0 Å². The zero-order valence-corrected chi connectivity index (χ0v) is 13.5. The molecule has 0 spiro atoms. The Bertz CT molecular complexity index is 246. The van der Waals surface area contributed by atoms with Crippen molar-refractivity contribution in [3.8, 4) is 0 Å². The summed E-state index contributed by atoms with van der Waals surface area (Å²) in [5, 5.41) is 8.74. The van der Waals surface area contributed by atoms with Crippen LogP contribution in [0.5, 0.6) is 0 Å². The van der Waals surface area contributed by atoms with Crippen molar-refractivity contribution in [1.29, 1.82) is 0 Å². The Labute approximate surface area is 118 Å². The van der Waals surface area contributed by atoms with Crippen LogP contribution in [0, 0.1) is 0 Å². The number of rotatable bonds is 13. The molecule has 0 aliphatic rings. The fourth-order valence-electron chi connectivity index (χ4n) is 1.52. The van der Waals surface area contributed by atoms with Crippen LogP contribution in [0.4, 0.5) is 0 Å². The first kappa shape index (κ1) is 18.3. The molecular weight excluding hydrogens is 260 g/mol. The Kier molecular flexibility index (Phi) is 12.0. The van der Waals surface area contributed by atoms with E-state index in [2.05, 4.69) is 20.4 Å². The van der Waals surface area contributed by atoms with Crippen molar-refractivity contribution in [2.24, 2.45) is 0 Å². The van der Waals surface area contributed by atoms with Gasteiger partial charge in [0, 0.05) is 18.8 Å². The lowest BCUT2D eigenvalue weighted by molar-refractivity contribution is -0.132. The Balaban J connectivity index is 3.88. The summed E-state index contributed by atoms with van der Waals surface area (Å²) in [6, 6.07) is 0.861. The highest BCUT2D eigenvalue weighted by Crippen LogP contribution is 2.11. The van der Waals surface area contributed by atoms with Crippen LogP contribution in [0.15, 0.2) is 12.2 Å². The molecule has 0 amide bonds. The zero-order valence-electron chi connectivity index (χ0n) is 12.3. The van der Waals surface area contributed by atoms with Gasteiger partial charge in [0.15, 0.2) is 0 Å². The minimum absolute atomic E-state index is 0.273. The third-order valence-electron chi connectivity index (χ3n) is 2.82. The molecule has 5 heteroatoms. The van der Waals surface area contributed by atoms with E-state index < -0.39 is 15.3 Å². The van der Waals surface area contributed by atoms with E-state index in [1.807, 2.05) is 0 Å². The third kappa shape index (κ3) is 10.9. The third-order valence-corrected chi connectivity index (χ3v) is 4.92. The van der Waals surface area contributed by atoms with E-state index >= 15 is 0 Å². The highest BCUT2D eigenvalue weighted by atomic mass is 28.3. The van der Waals surface area contributed by atoms with E-state index in [1.54, 1.807) is 0 Å². The molecular formula is C14H28O4Si. The van der Waals surface area contributed by atoms with Crippen molar-refractivity contribution in [3.05, 3.63) is 12.2 Å². The molecule has 1 N–H and O–H groups in total. The van der Waals surface area contributed by atoms with Crippen LogP contribution in [-0.2, 0) is 13.6 Å². The first-order valence-corrected chi connectivity index (χ1v) is 9.02. The normalized spacial score (nSPS) is 10.9. The molecule has 0 unspecified atom stereocenters. The Morgan fingerprint density at radius 3 is 2.05 bits per heavy atom. The Hall–Kier alpha value is -0.653. The van der Waals surface area contributed by atoms with Gasteiger partial charge in [-0.1, -0.05) is 33.3 Å². The van der Waals surface area contributed by atoms with Gasteiger partial charge in [0.25, 0.3) is 0 Å². The summed E-state index contributed by atoms with van der Waals surface area (Å²) < 4.78 is 11.6. The van der Waals surface area contributed by atoms with E-state index in [4.69, 9.17) is 14.0 Å². The number of aliphatic carboxylic acids is 1. The van der Waals surface area contributed by atoms with Gasteiger partial charge in [0.1, 0.15) is 0 Å². The summed E-state index contributed by atoms with van der Waals surface area (Å²) in [4.78, 5) is 10.6. The maximum Gasteiger partial charge on any atom is 0.330 e. The van der Waals surface area contributed by atoms with Crippen LogP contribution in [0.1, 0.15) is 52.4 Å². The van der Waals surface area contributed by atoms with Crippen molar-refractivity contribution in [1.82, 2.24) is 0 Å². The quantitative estimate of drug-likeness (QED) is 0.321. The fraction of sp³-hybridized carbons (Fsp3) is 0.786. The lowest BCUT2D eigenvalue weighted by atomic mass is 10.2. The molecule has 0 atom stereocenters. The summed E-state index contributed by atoms with van der Waals surface area (Å²) in [5.41, 5.74) is 0.273. The number of hydrogen-bond acceptors (Lipinski definition) is 3. The van der Waals surface area contributed by atoms with Gasteiger partial charge < -0.3 is 14.0 Å². The summed E-state index contributed by atoms with van der Waals surface area (Å²) >= 11 is 0. The molecule has 0 saturated heterocycles. The van der Waals surface area contributed by atoms with Crippen LogP contribution >= 0.6 is 0 Å². The predicted octanol–water partition coefficient (Wildman–Crippen LogP) is 3.26. The molecule has 0 radical (unpaired) electrons. The minimum Gasteiger partial charge on any atom is -0.478 e. The van der Waals surface area contributed by atoms with Crippen molar-refractivity contribution in [2.75, 3.05) is 13.2 Å². The highest BCUT2D eigenvalue weighted by molar-refractivity contribution is 6.44. The molecule has 0 fully saturated rings. The lowest BCUT2D eigenvalue weighted by Gasteiger charge is -2.16. The Morgan fingerprint density at radius 1 is 1.11 bits per heavy atom. The Morgan fingerprint density at radius 2 is 1.63 bits per heavy atom. The fourth-order valence-corrected chi connectivity index (χ4v) is 3.35. The van der Waals surface area contributed by atoms with E-state index in [0.29, 0.717) is 6.42 Å². The van der Waals surface area contributed by atoms with Gasteiger partial charge in [0.2, 0.25) is 0 Å². The second-order valence-corrected chi connectivity index (χ2v) is 6.78. The maximum atomic E-state index is 10.6. The van der Waals surface area contributed by atoms with Crippen LogP contribution < -0.4 is 0 Å². The van der Waals surface area contributed by atoms with Crippen molar-refractivity contribution in [3.63, 3.8) is 0 Å². The molecule has 19 heavy (non-hydrogen) atoms. The zero-order chi connectivity index (χ0) is 14.5. The van der Waals surface area contributed by atoms with Gasteiger partial charge in [-0.05, 0) is 31.7 Å². The molecule has 0 rings (SSSR count). The predicted molar refractivity (Wildman–Crippen MR) is 79.7 cm³/mol. The summed E-state index contributed by atoms with van der Waals surface area (Å²) in [6.45, 7) is 9.33. The molecule has 0 aliphatic heterocycles. The van der Waals surface area contributed by atoms with Crippen molar-refractivity contribution < 1.29 is 18.8 Å². The topological polar surface area (TPSA) is 55.8 Å². The standard InChI is InChI=1S/C14H28O4Si/c1-4-6-10-17-19(18-11-7-5-2)12-8-9-13(3)14(15)16/h19H,3-12H2,1-2H3,(H,15,16). The van der Waals surface area contributed by atoms with Crippen LogP contribution in [0.2, 0.25) is 6.04 Å². The smallest absolute Gasteiger partial charge is 0.330 e.